The van der Waals surface area contributed by atoms with E-state index in [9.17, 15) is 5.11 Å². The van der Waals surface area contributed by atoms with Crippen LogP contribution >= 0.6 is 0 Å². The first kappa shape index (κ1) is 23.6. The Kier molecular flexibility index (Phi) is 7.26. The quantitative estimate of drug-likeness (QED) is 0.582. The molecule has 3 N–H and O–H groups in total. The van der Waals surface area contributed by atoms with Crippen molar-refractivity contribution in [1.82, 2.24) is 4.90 Å². The van der Waals surface area contributed by atoms with Crippen LogP contribution < -0.4 is 10.5 Å². The van der Waals surface area contributed by atoms with Gasteiger partial charge in [-0.2, -0.15) is 0 Å². The lowest BCUT2D eigenvalue weighted by Crippen LogP contribution is -2.43. The van der Waals surface area contributed by atoms with Crippen LogP contribution in [0.25, 0.3) is 0 Å². The first-order valence-corrected chi connectivity index (χ1v) is 12.2. The van der Waals surface area contributed by atoms with Gasteiger partial charge in [-0.05, 0) is 92.4 Å². The third-order valence-corrected chi connectivity index (χ3v) is 6.90. The summed E-state index contributed by atoms with van der Waals surface area (Å²) in [5.41, 5.74) is 9.69. The van der Waals surface area contributed by atoms with Gasteiger partial charge in [0.05, 0.1) is 0 Å². The molecule has 2 aromatic carbocycles. The van der Waals surface area contributed by atoms with E-state index >= 15 is 0 Å². The molecule has 0 aliphatic heterocycles. The van der Waals surface area contributed by atoms with E-state index in [-0.39, 0.29) is 5.54 Å². The van der Waals surface area contributed by atoms with Crippen LogP contribution in [-0.4, -0.2) is 34.7 Å². The summed E-state index contributed by atoms with van der Waals surface area (Å²) in [5.74, 6) is 2.35. The van der Waals surface area contributed by atoms with Crippen molar-refractivity contribution in [1.29, 1.82) is 0 Å². The highest BCUT2D eigenvalue weighted by Gasteiger charge is 2.33. The standard InChI is InChI=1S/C29H38N2O2/c1-4-31(19-21-9-15-26(16-10-21)33-20-29(2,3)30)28-8-6-5-7-27(28)24-12-11-23-18-25(32)14-13-22(23)17-24/h5-10,13-16,18,24,27-28,32H,4,11-12,17,19-20,30H2,1-3H3/t24-,27?,28?/m1/s1. The molecular weight excluding hydrogens is 408 g/mol. The lowest BCUT2D eigenvalue weighted by molar-refractivity contribution is 0.154. The number of fused-ring (bicyclic) bond motifs is 1. The number of phenolic OH excluding ortho intramolecular Hbond substituents is 1. The molecule has 4 rings (SSSR count). The van der Waals surface area contributed by atoms with Gasteiger partial charge in [0.25, 0.3) is 0 Å². The number of rotatable bonds is 8. The molecule has 0 saturated carbocycles. The van der Waals surface area contributed by atoms with Crippen LogP contribution in [0.3, 0.4) is 0 Å². The van der Waals surface area contributed by atoms with E-state index in [2.05, 4.69) is 66.5 Å². The maximum Gasteiger partial charge on any atom is 0.119 e. The maximum absolute atomic E-state index is 9.83. The average molecular weight is 447 g/mol. The van der Waals surface area contributed by atoms with E-state index in [1.165, 1.54) is 16.7 Å². The number of aryl methyl sites for hydroxylation is 1. The van der Waals surface area contributed by atoms with E-state index in [0.29, 0.717) is 30.2 Å². The maximum atomic E-state index is 9.83. The Labute approximate surface area is 198 Å². The van der Waals surface area contributed by atoms with Gasteiger partial charge < -0.3 is 15.6 Å². The number of likely N-dealkylation sites (N-methyl/N-ethyl adjacent to an activating group) is 1. The number of nitrogens with two attached hydrogens (primary N) is 1. The molecule has 2 aliphatic carbocycles. The zero-order chi connectivity index (χ0) is 23.4. The van der Waals surface area contributed by atoms with Crippen LogP contribution in [0.1, 0.15) is 43.9 Å². The second-order valence-corrected chi connectivity index (χ2v) is 10.3. The summed E-state index contributed by atoms with van der Waals surface area (Å²) in [6, 6.07) is 14.7. The fourth-order valence-electron chi connectivity index (χ4n) is 5.13. The van der Waals surface area contributed by atoms with Crippen LogP contribution in [0.5, 0.6) is 11.5 Å². The van der Waals surface area contributed by atoms with Crippen LogP contribution in [0.4, 0.5) is 0 Å². The number of phenols is 1. The van der Waals surface area contributed by atoms with Crippen molar-refractivity contribution >= 4 is 0 Å². The molecule has 0 heterocycles. The van der Waals surface area contributed by atoms with Gasteiger partial charge in [-0.3, -0.25) is 4.90 Å². The van der Waals surface area contributed by atoms with E-state index in [4.69, 9.17) is 10.5 Å². The summed E-state index contributed by atoms with van der Waals surface area (Å²) >= 11 is 0. The SMILES string of the molecule is CCN(Cc1ccc(OCC(C)(C)N)cc1)C1C=CC=CC1[C@@H]1CCc2cc(O)ccc2C1. The Morgan fingerprint density at radius 1 is 1.06 bits per heavy atom. The van der Waals surface area contributed by atoms with Crippen LogP contribution in [0.2, 0.25) is 0 Å². The van der Waals surface area contributed by atoms with Crippen LogP contribution in [-0.2, 0) is 19.4 Å². The minimum atomic E-state index is -0.340. The molecule has 2 unspecified atom stereocenters. The molecule has 0 saturated heterocycles. The van der Waals surface area contributed by atoms with Gasteiger partial charge in [0.1, 0.15) is 18.1 Å². The Morgan fingerprint density at radius 3 is 2.55 bits per heavy atom. The third kappa shape index (κ3) is 6.07. The number of allylic oxidation sites excluding steroid dienone is 2. The van der Waals surface area contributed by atoms with Crippen molar-refractivity contribution in [2.45, 2.75) is 58.2 Å². The smallest absolute Gasteiger partial charge is 0.119 e. The molecule has 0 bridgehead atoms. The highest BCUT2D eigenvalue weighted by atomic mass is 16.5. The van der Waals surface area contributed by atoms with Crippen molar-refractivity contribution in [3.63, 3.8) is 0 Å². The molecule has 0 aromatic heterocycles. The Balaban J connectivity index is 1.44. The summed E-state index contributed by atoms with van der Waals surface area (Å²) in [6.45, 7) is 8.60. The van der Waals surface area contributed by atoms with Crippen LogP contribution in [0.15, 0.2) is 66.8 Å². The molecule has 4 nitrogen and oxygen atoms in total. The summed E-state index contributed by atoms with van der Waals surface area (Å²) < 4.78 is 5.83. The minimum absolute atomic E-state index is 0.340. The number of ether oxygens (including phenoxy) is 1. The molecule has 4 heteroatoms. The minimum Gasteiger partial charge on any atom is -0.508 e. The van der Waals surface area contributed by atoms with Crippen molar-refractivity contribution in [3.8, 4) is 11.5 Å². The summed E-state index contributed by atoms with van der Waals surface area (Å²) in [6.07, 6.45) is 12.5. The van der Waals surface area contributed by atoms with Crippen molar-refractivity contribution in [3.05, 3.63) is 83.5 Å². The second kappa shape index (κ2) is 10.1. The zero-order valence-electron chi connectivity index (χ0n) is 20.2. The molecule has 3 atom stereocenters. The fourth-order valence-corrected chi connectivity index (χ4v) is 5.13. The van der Waals surface area contributed by atoms with Gasteiger partial charge in [-0.1, -0.05) is 49.4 Å². The van der Waals surface area contributed by atoms with Gasteiger partial charge in [0, 0.05) is 18.1 Å². The number of benzene rings is 2. The molecule has 0 fully saturated rings. The summed E-state index contributed by atoms with van der Waals surface area (Å²) in [5, 5.41) is 9.83. The first-order chi connectivity index (χ1) is 15.8. The van der Waals surface area contributed by atoms with Crippen molar-refractivity contribution in [2.75, 3.05) is 13.2 Å². The molecule has 0 radical (unpaired) electrons. The molecule has 176 valence electrons. The average Bonchev–Trinajstić information content (AvgIpc) is 2.81. The van der Waals surface area contributed by atoms with E-state index < -0.39 is 0 Å². The van der Waals surface area contributed by atoms with Gasteiger partial charge >= 0.3 is 0 Å². The third-order valence-electron chi connectivity index (χ3n) is 6.90. The number of aromatic hydroxyl groups is 1. The van der Waals surface area contributed by atoms with Gasteiger partial charge in [-0.15, -0.1) is 0 Å². The lowest BCUT2D eigenvalue weighted by atomic mass is 9.73. The molecule has 33 heavy (non-hydrogen) atoms. The van der Waals surface area contributed by atoms with E-state index in [1.54, 1.807) is 0 Å². The number of nitrogens with zero attached hydrogens (tertiary/aromatic N) is 1. The van der Waals surface area contributed by atoms with Crippen molar-refractivity contribution in [2.24, 2.45) is 17.6 Å². The molecule has 2 aromatic rings. The predicted molar refractivity (Wildman–Crippen MR) is 135 cm³/mol. The molecular formula is C29H38N2O2. The van der Waals surface area contributed by atoms with Crippen LogP contribution in [0, 0.1) is 11.8 Å². The number of hydrogen-bond donors (Lipinski definition) is 2. The van der Waals surface area contributed by atoms with Gasteiger partial charge in [0.15, 0.2) is 0 Å². The normalized spacial score (nSPS) is 22.4. The Hall–Kier alpha value is -2.56. The topological polar surface area (TPSA) is 58.7 Å². The molecule has 0 spiro atoms. The molecule has 2 aliphatic rings. The zero-order valence-corrected chi connectivity index (χ0v) is 20.2. The first-order valence-electron chi connectivity index (χ1n) is 12.2. The predicted octanol–water partition coefficient (Wildman–Crippen LogP) is 5.25. The van der Waals surface area contributed by atoms with Gasteiger partial charge in [-0.25, -0.2) is 0 Å². The van der Waals surface area contributed by atoms with E-state index in [0.717, 1.165) is 38.1 Å². The fraction of sp³-hybridized carbons (Fsp3) is 0.448. The highest BCUT2D eigenvalue weighted by molar-refractivity contribution is 5.37. The lowest BCUT2D eigenvalue weighted by Gasteiger charge is -2.40. The number of hydrogen-bond acceptors (Lipinski definition) is 4. The highest BCUT2D eigenvalue weighted by Crippen LogP contribution is 2.37. The Morgan fingerprint density at radius 2 is 1.82 bits per heavy atom. The summed E-state index contributed by atoms with van der Waals surface area (Å²) in [7, 11) is 0. The largest absolute Gasteiger partial charge is 0.508 e. The van der Waals surface area contributed by atoms with Gasteiger partial charge in [0.2, 0.25) is 0 Å². The van der Waals surface area contributed by atoms with E-state index in [1.807, 2.05) is 26.0 Å². The Bertz CT molecular complexity index is 988. The summed E-state index contributed by atoms with van der Waals surface area (Å²) in [4.78, 5) is 2.58. The van der Waals surface area contributed by atoms with Crippen molar-refractivity contribution < 1.29 is 9.84 Å². The monoisotopic (exact) mass is 446 g/mol. The second-order valence-electron chi connectivity index (χ2n) is 10.3. The molecule has 0 amide bonds.